The number of nitrogens with two attached hydrogens (primary N) is 1. The van der Waals surface area contributed by atoms with Crippen molar-refractivity contribution in [3.63, 3.8) is 0 Å². The first-order valence-electron chi connectivity index (χ1n) is 5.92. The van der Waals surface area contributed by atoms with Gasteiger partial charge in [0, 0.05) is 13.1 Å². The second-order valence-electron chi connectivity index (χ2n) is 5.09. The molecule has 1 aromatic rings. The molecule has 2 rings (SSSR count). The number of primary amides is 1. The highest BCUT2D eigenvalue weighted by Gasteiger charge is 2.43. The van der Waals surface area contributed by atoms with Crippen LogP contribution < -0.4 is 5.73 Å². The zero-order valence-electron chi connectivity index (χ0n) is 10.8. The van der Waals surface area contributed by atoms with Gasteiger partial charge in [-0.2, -0.15) is 4.31 Å². The molecule has 0 aromatic heterocycles. The fourth-order valence-electron chi connectivity index (χ4n) is 2.11. The number of benzene rings is 1. The summed E-state index contributed by atoms with van der Waals surface area (Å²) in [5.41, 5.74) is 4.42. The minimum Gasteiger partial charge on any atom is -0.369 e. The Balaban J connectivity index is 2.33. The molecule has 1 unspecified atom stereocenters. The predicted octanol–water partition coefficient (Wildman–Crippen LogP) is 1.47. The van der Waals surface area contributed by atoms with Gasteiger partial charge in [0.1, 0.15) is 5.82 Å². The number of halogens is 2. The smallest absolute Gasteiger partial charge is 0.243 e. The molecule has 0 spiro atoms. The molecule has 5 nitrogen and oxygen atoms in total. The quantitative estimate of drug-likeness (QED) is 0.881. The summed E-state index contributed by atoms with van der Waals surface area (Å²) in [6, 6.07) is 3.62. The van der Waals surface area contributed by atoms with Crippen LogP contribution in [0.2, 0.25) is 0 Å². The van der Waals surface area contributed by atoms with Gasteiger partial charge in [0.25, 0.3) is 0 Å². The Kier molecular flexibility index (Phi) is 3.92. The lowest BCUT2D eigenvalue weighted by Gasteiger charge is -2.21. The van der Waals surface area contributed by atoms with Crippen molar-refractivity contribution in [1.82, 2.24) is 4.31 Å². The highest BCUT2D eigenvalue weighted by Crippen LogP contribution is 2.33. The molecule has 0 aliphatic carbocycles. The maximum atomic E-state index is 13.5. The van der Waals surface area contributed by atoms with Crippen LogP contribution >= 0.6 is 15.9 Å². The molecule has 1 aliphatic heterocycles. The Morgan fingerprint density at radius 2 is 2.15 bits per heavy atom. The van der Waals surface area contributed by atoms with Crippen LogP contribution in [0.3, 0.4) is 0 Å². The maximum Gasteiger partial charge on any atom is 0.243 e. The van der Waals surface area contributed by atoms with Gasteiger partial charge in [-0.1, -0.05) is 0 Å². The van der Waals surface area contributed by atoms with Crippen LogP contribution in [0.4, 0.5) is 4.39 Å². The van der Waals surface area contributed by atoms with E-state index < -0.39 is 27.2 Å². The summed E-state index contributed by atoms with van der Waals surface area (Å²) < 4.78 is 39.6. The average molecular weight is 365 g/mol. The van der Waals surface area contributed by atoms with Gasteiger partial charge in [-0.15, -0.1) is 0 Å². The van der Waals surface area contributed by atoms with Gasteiger partial charge in [-0.05, 0) is 47.5 Å². The van der Waals surface area contributed by atoms with E-state index in [9.17, 15) is 17.6 Å². The molecule has 2 N–H and O–H groups in total. The summed E-state index contributed by atoms with van der Waals surface area (Å²) in [5.74, 6) is -1.18. The lowest BCUT2D eigenvalue weighted by atomic mass is 9.89. The zero-order valence-corrected chi connectivity index (χ0v) is 13.2. The summed E-state index contributed by atoms with van der Waals surface area (Å²) in [7, 11) is -3.82. The molecule has 1 amide bonds. The molecule has 20 heavy (non-hydrogen) atoms. The Bertz CT molecular complexity index is 665. The minimum absolute atomic E-state index is 0.0162. The second kappa shape index (κ2) is 5.09. The molecule has 1 aliphatic rings. The fourth-order valence-corrected chi connectivity index (χ4v) is 3.94. The maximum absolute atomic E-state index is 13.5. The normalized spacial score (nSPS) is 23.9. The number of hydrogen-bond acceptors (Lipinski definition) is 3. The Morgan fingerprint density at radius 1 is 1.50 bits per heavy atom. The number of amides is 1. The summed E-state index contributed by atoms with van der Waals surface area (Å²) in [6.45, 7) is 1.84. The Morgan fingerprint density at radius 3 is 2.65 bits per heavy atom. The second-order valence-corrected chi connectivity index (χ2v) is 7.88. The Labute approximate surface area is 125 Å². The number of nitrogens with zero attached hydrogens (tertiary/aromatic N) is 1. The monoisotopic (exact) mass is 364 g/mol. The SMILES string of the molecule is CC1(C(N)=O)CCN(S(=O)(=O)c2ccc(Br)c(F)c2)C1. The van der Waals surface area contributed by atoms with Gasteiger partial charge >= 0.3 is 0 Å². The molecular formula is C12H14BrFN2O3S. The van der Waals surface area contributed by atoms with Crippen LogP contribution in [0.25, 0.3) is 0 Å². The van der Waals surface area contributed by atoms with Gasteiger partial charge in [-0.25, -0.2) is 12.8 Å². The number of rotatable bonds is 3. The van der Waals surface area contributed by atoms with E-state index in [0.29, 0.717) is 6.42 Å². The number of carbonyl (C=O) groups is 1. The third-order valence-corrected chi connectivity index (χ3v) is 6.05. The van der Waals surface area contributed by atoms with E-state index in [0.717, 1.165) is 6.07 Å². The first-order chi connectivity index (χ1) is 9.17. The van der Waals surface area contributed by atoms with Crippen LogP contribution in [0.1, 0.15) is 13.3 Å². The molecule has 1 saturated heterocycles. The topological polar surface area (TPSA) is 80.5 Å². The van der Waals surface area contributed by atoms with Crippen molar-refractivity contribution in [3.05, 3.63) is 28.5 Å². The van der Waals surface area contributed by atoms with E-state index in [2.05, 4.69) is 15.9 Å². The summed E-state index contributed by atoms with van der Waals surface area (Å²) in [6.07, 6.45) is 0.362. The largest absolute Gasteiger partial charge is 0.369 e. The predicted molar refractivity (Wildman–Crippen MR) is 74.8 cm³/mol. The average Bonchev–Trinajstić information content (AvgIpc) is 2.77. The van der Waals surface area contributed by atoms with Gasteiger partial charge in [0.2, 0.25) is 15.9 Å². The van der Waals surface area contributed by atoms with Crippen molar-refractivity contribution in [2.45, 2.75) is 18.2 Å². The first-order valence-corrected chi connectivity index (χ1v) is 8.15. The van der Waals surface area contributed by atoms with E-state index in [1.54, 1.807) is 6.92 Å². The van der Waals surface area contributed by atoms with Crippen molar-refractivity contribution in [3.8, 4) is 0 Å². The fraction of sp³-hybridized carbons (Fsp3) is 0.417. The first kappa shape index (κ1) is 15.4. The molecule has 1 aromatic carbocycles. The van der Waals surface area contributed by atoms with Crippen molar-refractivity contribution in [2.75, 3.05) is 13.1 Å². The lowest BCUT2D eigenvalue weighted by molar-refractivity contribution is -0.126. The molecule has 0 bridgehead atoms. The number of hydrogen-bond donors (Lipinski definition) is 1. The van der Waals surface area contributed by atoms with E-state index in [1.807, 2.05) is 0 Å². The van der Waals surface area contributed by atoms with Gasteiger partial charge in [0.05, 0.1) is 14.8 Å². The minimum atomic E-state index is -3.82. The van der Waals surface area contributed by atoms with E-state index >= 15 is 0 Å². The van der Waals surface area contributed by atoms with E-state index in [4.69, 9.17) is 5.73 Å². The van der Waals surface area contributed by atoms with Gasteiger partial charge in [-0.3, -0.25) is 4.79 Å². The molecule has 1 atom stereocenters. The molecule has 1 fully saturated rings. The van der Waals surface area contributed by atoms with Crippen molar-refractivity contribution >= 4 is 31.9 Å². The molecular weight excluding hydrogens is 351 g/mol. The van der Waals surface area contributed by atoms with E-state index in [1.165, 1.54) is 16.4 Å². The third kappa shape index (κ3) is 2.59. The standard InChI is InChI=1S/C12H14BrFN2O3S/c1-12(11(15)17)4-5-16(7-12)20(18,19)8-2-3-9(13)10(14)6-8/h2-3,6H,4-5,7H2,1H3,(H2,15,17). The van der Waals surface area contributed by atoms with Crippen molar-refractivity contribution in [2.24, 2.45) is 11.1 Å². The molecule has 0 radical (unpaired) electrons. The molecule has 8 heteroatoms. The van der Waals surface area contributed by atoms with Crippen molar-refractivity contribution < 1.29 is 17.6 Å². The van der Waals surface area contributed by atoms with Crippen LogP contribution in [0.15, 0.2) is 27.6 Å². The Hall–Kier alpha value is -0.990. The highest BCUT2D eigenvalue weighted by molar-refractivity contribution is 9.10. The molecule has 1 heterocycles. The molecule has 0 saturated carbocycles. The van der Waals surface area contributed by atoms with Crippen LogP contribution in [0, 0.1) is 11.2 Å². The summed E-state index contributed by atoms with van der Waals surface area (Å²) >= 11 is 2.97. The van der Waals surface area contributed by atoms with Gasteiger partial charge < -0.3 is 5.73 Å². The zero-order chi connectivity index (χ0) is 15.1. The van der Waals surface area contributed by atoms with Crippen LogP contribution in [0.5, 0.6) is 0 Å². The summed E-state index contributed by atoms with van der Waals surface area (Å²) in [4.78, 5) is 11.2. The third-order valence-electron chi connectivity index (χ3n) is 3.56. The molecule has 110 valence electrons. The van der Waals surface area contributed by atoms with Crippen LogP contribution in [-0.4, -0.2) is 31.7 Å². The number of carbonyl (C=O) groups excluding carboxylic acids is 1. The number of sulfonamides is 1. The van der Waals surface area contributed by atoms with Crippen molar-refractivity contribution in [1.29, 1.82) is 0 Å². The highest BCUT2D eigenvalue weighted by atomic mass is 79.9. The van der Waals surface area contributed by atoms with E-state index in [-0.39, 0.29) is 22.5 Å². The lowest BCUT2D eigenvalue weighted by Crippen LogP contribution is -2.38. The van der Waals surface area contributed by atoms with Crippen LogP contribution in [-0.2, 0) is 14.8 Å². The van der Waals surface area contributed by atoms with Gasteiger partial charge in [0.15, 0.2) is 0 Å². The summed E-state index contributed by atoms with van der Waals surface area (Å²) in [5, 5.41) is 0.